The molecule has 0 unspecified atom stereocenters. The molecule has 4 rings (SSSR count). The van der Waals surface area contributed by atoms with Gasteiger partial charge in [-0.25, -0.2) is 0 Å². The van der Waals surface area contributed by atoms with Crippen LogP contribution in [0.5, 0.6) is 0 Å². The van der Waals surface area contributed by atoms with Gasteiger partial charge in [0.2, 0.25) is 0 Å². The van der Waals surface area contributed by atoms with Gasteiger partial charge in [0.05, 0.1) is 0 Å². The summed E-state index contributed by atoms with van der Waals surface area (Å²) in [6, 6.07) is 16.6. The molecule has 0 atom stereocenters. The molecule has 0 saturated heterocycles. The minimum absolute atomic E-state index is 0. The Kier molecular flexibility index (Phi) is 11.0. The summed E-state index contributed by atoms with van der Waals surface area (Å²) in [5, 5.41) is 0. The van der Waals surface area contributed by atoms with Crippen molar-refractivity contribution < 1.29 is 7.65 Å². The number of carbonyl (C=O) groups excluding carboxylic acids is 1. The van der Waals surface area contributed by atoms with Crippen molar-refractivity contribution in [1.82, 2.24) is 9.97 Å². The standard InChI is InChI=1S/C28H27N3O.C2H6.CH4.2H2/c1-20-16-17-30-28(26(20)19-29-2)27(32)15-14-25-13-12-24(18-31-25)23-10-8-22(9-11-23)21-6-4-3-5-7-21;1-2;;;/h3-8,10,12-13,16-19H,9,11,14-15H2,1-2H3;1-2H3;1H4;2*1H. The van der Waals surface area contributed by atoms with Gasteiger partial charge in [-0.3, -0.25) is 19.8 Å². The Hall–Kier alpha value is -3.66. The molecule has 0 amide bonds. The smallest absolute Gasteiger partial charge is 0.182 e. The third-order valence-electron chi connectivity index (χ3n) is 5.83. The highest BCUT2D eigenvalue weighted by Crippen LogP contribution is 2.31. The van der Waals surface area contributed by atoms with Gasteiger partial charge in [0.15, 0.2) is 5.78 Å². The number of aliphatic imine (C=N–C) groups is 1. The fraction of sp³-hybridized carbons (Fsp3) is 0.290. The van der Waals surface area contributed by atoms with Gasteiger partial charge in [-0.1, -0.05) is 69.8 Å². The average molecular weight is 472 g/mol. The van der Waals surface area contributed by atoms with E-state index in [1.54, 1.807) is 19.5 Å². The molecule has 2 heterocycles. The van der Waals surface area contributed by atoms with Crippen molar-refractivity contribution in [2.24, 2.45) is 4.99 Å². The summed E-state index contributed by atoms with van der Waals surface area (Å²) in [6.45, 7) is 5.97. The SMILES string of the molecule is C.CC.CN=Cc1c(C)ccnc1C(=O)CCc1ccc(C2=CC=C(c3ccccc3)CC2)cn1.[HH].[HH]. The van der Waals surface area contributed by atoms with Crippen LogP contribution in [0.2, 0.25) is 0 Å². The molecule has 3 aromatic rings. The number of rotatable bonds is 7. The highest BCUT2D eigenvalue weighted by molar-refractivity contribution is 6.02. The zero-order valence-electron chi connectivity index (χ0n) is 20.6. The van der Waals surface area contributed by atoms with E-state index in [2.05, 4.69) is 57.4 Å². The molecule has 4 heteroatoms. The fourth-order valence-electron chi connectivity index (χ4n) is 3.98. The van der Waals surface area contributed by atoms with Crippen molar-refractivity contribution in [1.29, 1.82) is 0 Å². The first kappa shape index (κ1) is 27.6. The Morgan fingerprint density at radius 3 is 2.26 bits per heavy atom. The number of aryl methyl sites for hydroxylation is 2. The fourth-order valence-corrected chi connectivity index (χ4v) is 3.98. The molecule has 0 radical (unpaired) electrons. The lowest BCUT2D eigenvalue weighted by Crippen LogP contribution is -2.09. The first-order chi connectivity index (χ1) is 16.7. The first-order valence-electron chi connectivity index (χ1n) is 12.0. The number of benzene rings is 1. The molecule has 186 valence electrons. The van der Waals surface area contributed by atoms with Crippen LogP contribution in [0, 0.1) is 6.92 Å². The molecule has 0 aliphatic heterocycles. The third-order valence-corrected chi connectivity index (χ3v) is 5.83. The number of hydrogen-bond acceptors (Lipinski definition) is 4. The third kappa shape index (κ3) is 7.16. The molecule has 35 heavy (non-hydrogen) atoms. The van der Waals surface area contributed by atoms with E-state index < -0.39 is 0 Å². The summed E-state index contributed by atoms with van der Waals surface area (Å²) in [7, 11) is 1.70. The molecule has 0 N–H and O–H groups in total. The van der Waals surface area contributed by atoms with Crippen molar-refractivity contribution in [2.45, 2.75) is 53.9 Å². The highest BCUT2D eigenvalue weighted by Gasteiger charge is 2.15. The van der Waals surface area contributed by atoms with E-state index in [9.17, 15) is 4.79 Å². The molecular formula is C31H41N3O. The molecule has 0 bridgehead atoms. The van der Waals surface area contributed by atoms with E-state index in [-0.39, 0.29) is 16.1 Å². The van der Waals surface area contributed by atoms with E-state index >= 15 is 0 Å². The Balaban J connectivity index is 0.00000253. The van der Waals surface area contributed by atoms with Crippen molar-refractivity contribution in [3.63, 3.8) is 0 Å². The zero-order valence-corrected chi connectivity index (χ0v) is 20.6. The normalized spacial score (nSPS) is 12.7. The minimum atomic E-state index is 0. The lowest BCUT2D eigenvalue weighted by Gasteiger charge is -2.15. The summed E-state index contributed by atoms with van der Waals surface area (Å²) < 4.78 is 0. The number of hydrogen-bond donors (Lipinski definition) is 0. The summed E-state index contributed by atoms with van der Waals surface area (Å²) in [5.74, 6) is 0.0167. The number of nitrogens with zero attached hydrogens (tertiary/aromatic N) is 3. The minimum Gasteiger partial charge on any atom is -0.296 e. The van der Waals surface area contributed by atoms with Crippen LogP contribution in [0.25, 0.3) is 11.1 Å². The molecule has 4 nitrogen and oxygen atoms in total. The van der Waals surface area contributed by atoms with Crippen LogP contribution >= 0.6 is 0 Å². The second kappa shape index (κ2) is 13.9. The number of ketones is 1. The average Bonchev–Trinajstić information content (AvgIpc) is 2.90. The molecule has 1 aliphatic rings. The van der Waals surface area contributed by atoms with Crippen LogP contribution in [0.1, 0.15) is 81.8 Å². The quantitative estimate of drug-likeness (QED) is 0.259. The monoisotopic (exact) mass is 471 g/mol. The molecule has 1 aliphatic carbocycles. The largest absolute Gasteiger partial charge is 0.296 e. The van der Waals surface area contributed by atoms with Crippen molar-refractivity contribution in [3.8, 4) is 0 Å². The van der Waals surface area contributed by atoms with Gasteiger partial charge in [0.25, 0.3) is 0 Å². The number of carbonyl (C=O) groups is 1. The topological polar surface area (TPSA) is 55.2 Å². The summed E-state index contributed by atoms with van der Waals surface area (Å²) >= 11 is 0. The number of pyridine rings is 2. The van der Waals surface area contributed by atoms with Crippen LogP contribution in [-0.2, 0) is 6.42 Å². The van der Waals surface area contributed by atoms with Gasteiger partial charge >= 0.3 is 0 Å². The van der Waals surface area contributed by atoms with E-state index in [1.165, 1.54) is 16.7 Å². The molecular weight excluding hydrogens is 430 g/mol. The Morgan fingerprint density at radius 1 is 0.971 bits per heavy atom. The first-order valence-corrected chi connectivity index (χ1v) is 12.0. The maximum absolute atomic E-state index is 12.8. The van der Waals surface area contributed by atoms with Crippen LogP contribution < -0.4 is 0 Å². The Labute approximate surface area is 213 Å². The predicted molar refractivity (Wildman–Crippen MR) is 153 cm³/mol. The van der Waals surface area contributed by atoms with E-state index in [0.717, 1.165) is 35.2 Å². The lowest BCUT2D eigenvalue weighted by molar-refractivity contribution is 0.0977. The van der Waals surface area contributed by atoms with E-state index in [4.69, 9.17) is 0 Å². The Bertz CT molecular complexity index is 1200. The molecule has 0 fully saturated rings. The van der Waals surface area contributed by atoms with Gasteiger partial charge in [-0.15, -0.1) is 0 Å². The van der Waals surface area contributed by atoms with Gasteiger partial charge < -0.3 is 0 Å². The van der Waals surface area contributed by atoms with Gasteiger partial charge in [0.1, 0.15) is 5.69 Å². The zero-order chi connectivity index (χ0) is 24.3. The lowest BCUT2D eigenvalue weighted by atomic mass is 9.90. The predicted octanol–water partition coefficient (Wildman–Crippen LogP) is 8.06. The van der Waals surface area contributed by atoms with Gasteiger partial charge in [-0.05, 0) is 66.2 Å². The number of aromatic nitrogens is 2. The summed E-state index contributed by atoms with van der Waals surface area (Å²) in [4.78, 5) is 25.7. The highest BCUT2D eigenvalue weighted by atomic mass is 16.1. The van der Waals surface area contributed by atoms with Gasteiger partial charge in [-0.2, -0.15) is 0 Å². The van der Waals surface area contributed by atoms with E-state index in [0.29, 0.717) is 18.5 Å². The maximum atomic E-state index is 12.8. The van der Waals surface area contributed by atoms with E-state index in [1.807, 2.05) is 45.2 Å². The molecule has 0 saturated carbocycles. The maximum Gasteiger partial charge on any atom is 0.182 e. The van der Waals surface area contributed by atoms with Crippen molar-refractivity contribution >= 4 is 23.1 Å². The van der Waals surface area contributed by atoms with Crippen LogP contribution in [0.15, 0.2) is 78.1 Å². The van der Waals surface area contributed by atoms with Crippen molar-refractivity contribution in [3.05, 3.63) is 107 Å². The molecule has 1 aromatic carbocycles. The molecule has 2 aromatic heterocycles. The van der Waals surface area contributed by atoms with Crippen LogP contribution in [-0.4, -0.2) is 29.0 Å². The second-order valence-electron chi connectivity index (χ2n) is 7.99. The molecule has 0 spiro atoms. The van der Waals surface area contributed by atoms with Crippen LogP contribution in [0.4, 0.5) is 0 Å². The van der Waals surface area contributed by atoms with Gasteiger partial charge in [0, 0.05) is 46.2 Å². The number of allylic oxidation sites excluding steroid dienone is 4. The second-order valence-corrected chi connectivity index (χ2v) is 7.99. The number of Topliss-reactive ketones (excluding diaryl/α,β-unsaturated/α-hetero) is 1. The summed E-state index contributed by atoms with van der Waals surface area (Å²) in [5.41, 5.74) is 8.31. The Morgan fingerprint density at radius 2 is 1.66 bits per heavy atom. The van der Waals surface area contributed by atoms with Crippen LogP contribution in [0.3, 0.4) is 0 Å². The van der Waals surface area contributed by atoms with Crippen molar-refractivity contribution in [2.75, 3.05) is 7.05 Å². The summed E-state index contributed by atoms with van der Waals surface area (Å²) in [6.07, 6.45) is 12.7.